The Morgan fingerprint density at radius 1 is 1.17 bits per heavy atom. The number of aromatic hydroxyl groups is 1. The summed E-state index contributed by atoms with van der Waals surface area (Å²) in [4.78, 5) is 14.8. The molecule has 4 nitrogen and oxygen atoms in total. The smallest absolute Gasteiger partial charge is 0.247 e. The van der Waals surface area contributed by atoms with Gasteiger partial charge in [-0.25, -0.2) is 0 Å². The number of amides is 1. The molecule has 0 unspecified atom stereocenters. The van der Waals surface area contributed by atoms with Gasteiger partial charge in [0.1, 0.15) is 5.75 Å². The number of carbonyl (C=O) groups is 1. The van der Waals surface area contributed by atoms with Crippen LogP contribution in [0.1, 0.15) is 11.1 Å². The summed E-state index contributed by atoms with van der Waals surface area (Å²) in [6, 6.07) is 13.1. The zero-order valence-corrected chi connectivity index (χ0v) is 12.7. The number of phenolic OH excluding ortho intramolecular Hbond substituents is 1. The second-order valence-electron chi connectivity index (χ2n) is 5.39. The number of fused-ring (bicyclic) bond motifs is 1. The normalized spacial score (nSPS) is 10.6. The molecular weight excluding hydrogens is 288 g/mol. The standard InChI is InChI=1S/C19H18N2O2/c1-2-19(23)21-17-10-9-15(22)11-13(17)7-8-14-12-20-18-6-4-3-5-16(14)18/h2-6,9-12,20,22H,1,7-8H2,(H,21,23). The number of aromatic amines is 1. The van der Waals surface area contributed by atoms with Gasteiger partial charge < -0.3 is 15.4 Å². The van der Waals surface area contributed by atoms with Crippen LogP contribution >= 0.6 is 0 Å². The van der Waals surface area contributed by atoms with E-state index in [1.165, 1.54) is 17.0 Å². The number of H-pyrrole nitrogens is 1. The molecule has 1 amide bonds. The van der Waals surface area contributed by atoms with Gasteiger partial charge in [-0.2, -0.15) is 0 Å². The molecule has 0 aliphatic carbocycles. The second-order valence-corrected chi connectivity index (χ2v) is 5.39. The van der Waals surface area contributed by atoms with E-state index >= 15 is 0 Å². The maximum absolute atomic E-state index is 11.5. The minimum atomic E-state index is -0.260. The van der Waals surface area contributed by atoms with Crippen molar-refractivity contribution in [3.05, 3.63) is 72.4 Å². The third-order valence-electron chi connectivity index (χ3n) is 3.87. The lowest BCUT2D eigenvalue weighted by Crippen LogP contribution is -2.09. The molecule has 0 radical (unpaired) electrons. The first-order valence-electron chi connectivity index (χ1n) is 7.47. The van der Waals surface area contributed by atoms with Crippen LogP contribution in [0.25, 0.3) is 10.9 Å². The fourth-order valence-electron chi connectivity index (χ4n) is 2.70. The van der Waals surface area contributed by atoms with Gasteiger partial charge in [0.2, 0.25) is 5.91 Å². The summed E-state index contributed by atoms with van der Waals surface area (Å²) in [7, 11) is 0. The predicted octanol–water partition coefficient (Wildman–Crippen LogP) is 3.78. The third-order valence-corrected chi connectivity index (χ3v) is 3.87. The lowest BCUT2D eigenvalue weighted by Gasteiger charge is -2.10. The molecule has 0 saturated heterocycles. The first-order valence-corrected chi connectivity index (χ1v) is 7.47. The van der Waals surface area contributed by atoms with E-state index in [1.807, 2.05) is 24.4 Å². The third kappa shape index (κ3) is 3.26. The Balaban J connectivity index is 1.83. The highest BCUT2D eigenvalue weighted by atomic mass is 16.3. The molecule has 23 heavy (non-hydrogen) atoms. The largest absolute Gasteiger partial charge is 0.508 e. The van der Waals surface area contributed by atoms with Crippen molar-refractivity contribution >= 4 is 22.5 Å². The summed E-state index contributed by atoms with van der Waals surface area (Å²) in [5.41, 5.74) is 3.92. The van der Waals surface area contributed by atoms with Crippen molar-refractivity contribution in [2.75, 3.05) is 5.32 Å². The van der Waals surface area contributed by atoms with Gasteiger partial charge in [-0.05, 0) is 54.3 Å². The first-order chi connectivity index (χ1) is 11.2. The molecule has 116 valence electrons. The van der Waals surface area contributed by atoms with Crippen molar-refractivity contribution in [1.29, 1.82) is 0 Å². The van der Waals surface area contributed by atoms with E-state index in [4.69, 9.17) is 0 Å². The van der Waals surface area contributed by atoms with Crippen LogP contribution in [-0.4, -0.2) is 16.0 Å². The van der Waals surface area contributed by atoms with Gasteiger partial charge in [0.05, 0.1) is 0 Å². The van der Waals surface area contributed by atoms with Crippen molar-refractivity contribution in [2.24, 2.45) is 0 Å². The Labute approximate surface area is 134 Å². The molecule has 3 N–H and O–H groups in total. The van der Waals surface area contributed by atoms with Crippen LogP contribution in [0.5, 0.6) is 5.75 Å². The highest BCUT2D eigenvalue weighted by Crippen LogP contribution is 2.25. The van der Waals surface area contributed by atoms with Gasteiger partial charge in [-0.1, -0.05) is 24.8 Å². The second kappa shape index (κ2) is 6.40. The van der Waals surface area contributed by atoms with Crippen molar-refractivity contribution in [2.45, 2.75) is 12.8 Å². The quantitative estimate of drug-likeness (QED) is 0.496. The lowest BCUT2D eigenvalue weighted by molar-refractivity contribution is -0.111. The zero-order valence-electron chi connectivity index (χ0n) is 12.7. The summed E-state index contributed by atoms with van der Waals surface area (Å²) in [6.45, 7) is 3.46. The maximum Gasteiger partial charge on any atom is 0.247 e. The summed E-state index contributed by atoms with van der Waals surface area (Å²) < 4.78 is 0. The van der Waals surface area contributed by atoms with Gasteiger partial charge in [0, 0.05) is 22.8 Å². The summed E-state index contributed by atoms with van der Waals surface area (Å²) in [5.74, 6) is -0.0698. The van der Waals surface area contributed by atoms with Gasteiger partial charge in [-0.3, -0.25) is 4.79 Å². The van der Waals surface area contributed by atoms with Crippen LogP contribution in [-0.2, 0) is 17.6 Å². The molecule has 0 atom stereocenters. The molecule has 1 aromatic heterocycles. The van der Waals surface area contributed by atoms with Crippen LogP contribution in [0.4, 0.5) is 5.69 Å². The number of aryl methyl sites for hydroxylation is 2. The van der Waals surface area contributed by atoms with E-state index in [-0.39, 0.29) is 11.7 Å². The monoisotopic (exact) mass is 306 g/mol. The van der Waals surface area contributed by atoms with Crippen LogP contribution in [0.2, 0.25) is 0 Å². The van der Waals surface area contributed by atoms with Crippen molar-refractivity contribution in [1.82, 2.24) is 4.98 Å². The van der Waals surface area contributed by atoms with Crippen molar-refractivity contribution in [3.63, 3.8) is 0 Å². The fraction of sp³-hybridized carbons (Fsp3) is 0.105. The minimum Gasteiger partial charge on any atom is -0.508 e. The van der Waals surface area contributed by atoms with Crippen molar-refractivity contribution in [3.8, 4) is 5.75 Å². The number of carbonyl (C=O) groups excluding carboxylic acids is 1. The zero-order chi connectivity index (χ0) is 16.2. The Hall–Kier alpha value is -3.01. The summed E-state index contributed by atoms with van der Waals surface area (Å²) in [5, 5.41) is 13.7. The molecule has 4 heteroatoms. The van der Waals surface area contributed by atoms with Gasteiger partial charge in [0.15, 0.2) is 0 Å². The van der Waals surface area contributed by atoms with Crippen LogP contribution in [0.15, 0.2) is 61.3 Å². The van der Waals surface area contributed by atoms with Gasteiger partial charge in [0.25, 0.3) is 0 Å². The molecule has 1 heterocycles. The molecule has 0 saturated carbocycles. The van der Waals surface area contributed by atoms with E-state index in [0.717, 1.165) is 17.5 Å². The summed E-state index contributed by atoms with van der Waals surface area (Å²) in [6.07, 6.45) is 4.76. The topological polar surface area (TPSA) is 65.1 Å². The minimum absolute atomic E-state index is 0.190. The average molecular weight is 306 g/mol. The van der Waals surface area contributed by atoms with E-state index < -0.39 is 0 Å². The molecule has 2 aromatic carbocycles. The lowest BCUT2D eigenvalue weighted by atomic mass is 10.0. The molecule has 0 aliphatic heterocycles. The summed E-state index contributed by atoms with van der Waals surface area (Å²) >= 11 is 0. The van der Waals surface area contributed by atoms with Gasteiger partial charge in [-0.15, -0.1) is 0 Å². The number of nitrogens with one attached hydrogen (secondary N) is 2. The van der Waals surface area contributed by atoms with E-state index in [9.17, 15) is 9.90 Å². The molecule has 0 spiro atoms. The van der Waals surface area contributed by atoms with Crippen molar-refractivity contribution < 1.29 is 9.90 Å². The number of hydrogen-bond acceptors (Lipinski definition) is 2. The van der Waals surface area contributed by atoms with Crippen LogP contribution in [0.3, 0.4) is 0 Å². The number of hydrogen-bond donors (Lipinski definition) is 3. The Bertz CT molecular complexity index is 865. The fourth-order valence-corrected chi connectivity index (χ4v) is 2.70. The molecule has 3 aromatic rings. The number of anilines is 1. The van der Waals surface area contributed by atoms with E-state index in [1.54, 1.807) is 18.2 Å². The highest BCUT2D eigenvalue weighted by molar-refractivity contribution is 5.99. The SMILES string of the molecule is C=CC(=O)Nc1ccc(O)cc1CCc1c[nH]c2ccccc12. The molecule has 0 bridgehead atoms. The molecule has 0 aliphatic rings. The van der Waals surface area contributed by atoms with E-state index in [2.05, 4.69) is 22.9 Å². The molecule has 3 rings (SSSR count). The highest BCUT2D eigenvalue weighted by Gasteiger charge is 2.08. The number of benzene rings is 2. The van der Waals surface area contributed by atoms with E-state index in [0.29, 0.717) is 12.1 Å². The Kier molecular flexibility index (Phi) is 4.15. The first kappa shape index (κ1) is 14.9. The molecular formula is C19H18N2O2. The van der Waals surface area contributed by atoms with Crippen LogP contribution < -0.4 is 5.32 Å². The van der Waals surface area contributed by atoms with Gasteiger partial charge >= 0.3 is 0 Å². The number of phenols is 1. The Morgan fingerprint density at radius 2 is 1.96 bits per heavy atom. The maximum atomic E-state index is 11.5. The number of rotatable bonds is 5. The Morgan fingerprint density at radius 3 is 2.78 bits per heavy atom. The van der Waals surface area contributed by atoms with Crippen LogP contribution in [0, 0.1) is 0 Å². The predicted molar refractivity (Wildman–Crippen MR) is 92.6 cm³/mol. The average Bonchev–Trinajstić information content (AvgIpc) is 2.98. The number of aromatic nitrogens is 1. The number of para-hydroxylation sites is 1. The molecule has 0 fully saturated rings.